The molecule has 0 aliphatic carbocycles. The Bertz CT molecular complexity index is 377. The van der Waals surface area contributed by atoms with Crippen molar-refractivity contribution in [3.05, 3.63) is 0 Å². The minimum atomic E-state index is -0.729. The largest absolute Gasteiger partial charge is 0.460 e. The number of hydrogen-bond donors (Lipinski definition) is 0. The van der Waals surface area contributed by atoms with Gasteiger partial charge in [-0.1, -0.05) is 27.7 Å². The molecule has 0 fully saturated rings. The Balaban J connectivity index is 5.32. The van der Waals surface area contributed by atoms with Crippen molar-refractivity contribution < 1.29 is 9.53 Å². The van der Waals surface area contributed by atoms with Crippen molar-refractivity contribution >= 4 is 5.97 Å². The molecule has 0 aliphatic heterocycles. The summed E-state index contributed by atoms with van der Waals surface area (Å²) in [6.07, 6.45) is 0.877. The first-order valence-electron chi connectivity index (χ1n) is 7.34. The Hall–Kier alpha value is -1.04. The minimum Gasteiger partial charge on any atom is -0.460 e. The number of ether oxygens (including phenoxy) is 1. The highest BCUT2D eigenvalue weighted by Crippen LogP contribution is 2.39. The van der Waals surface area contributed by atoms with Gasteiger partial charge < -0.3 is 4.74 Å². The van der Waals surface area contributed by atoms with Crippen molar-refractivity contribution in [2.75, 3.05) is 0 Å². The molecule has 0 heterocycles. The molecule has 0 saturated heterocycles. The van der Waals surface area contributed by atoms with Crippen LogP contribution in [0.5, 0.6) is 0 Å². The standard InChI is InChI=1S/C17H31NO2/c1-12(10-15(2,3)4)13(17(8,9)11-18)14(19)20-16(5,6)7/h12-13H,10H2,1-9H3. The number of carbonyl (C=O) groups excluding carboxylic acids is 1. The smallest absolute Gasteiger partial charge is 0.311 e. The highest BCUT2D eigenvalue weighted by atomic mass is 16.6. The van der Waals surface area contributed by atoms with Crippen LogP contribution < -0.4 is 0 Å². The number of nitriles is 1. The Morgan fingerprint density at radius 2 is 1.55 bits per heavy atom. The van der Waals surface area contributed by atoms with Gasteiger partial charge in [0.05, 0.1) is 17.4 Å². The molecule has 0 aromatic rings. The van der Waals surface area contributed by atoms with Crippen molar-refractivity contribution in [3.8, 4) is 6.07 Å². The Labute approximate surface area is 124 Å². The summed E-state index contributed by atoms with van der Waals surface area (Å²) in [6.45, 7) is 17.7. The highest BCUT2D eigenvalue weighted by Gasteiger charge is 2.42. The van der Waals surface area contributed by atoms with E-state index in [4.69, 9.17) is 4.74 Å². The predicted octanol–water partition coefficient (Wildman–Crippen LogP) is 4.57. The van der Waals surface area contributed by atoms with E-state index in [1.54, 1.807) is 0 Å². The zero-order chi connectivity index (χ0) is 16.4. The average Bonchev–Trinajstić information content (AvgIpc) is 2.10. The van der Waals surface area contributed by atoms with E-state index < -0.39 is 16.9 Å². The number of hydrogen-bond acceptors (Lipinski definition) is 3. The third kappa shape index (κ3) is 6.41. The van der Waals surface area contributed by atoms with Crippen molar-refractivity contribution in [3.63, 3.8) is 0 Å². The first kappa shape index (κ1) is 19.0. The zero-order valence-electron chi connectivity index (χ0n) is 14.6. The van der Waals surface area contributed by atoms with Gasteiger partial charge in [-0.15, -0.1) is 0 Å². The summed E-state index contributed by atoms with van der Waals surface area (Å²) < 4.78 is 5.53. The second kappa shape index (κ2) is 6.16. The van der Waals surface area contributed by atoms with E-state index >= 15 is 0 Å². The first-order valence-corrected chi connectivity index (χ1v) is 7.34. The molecule has 0 spiro atoms. The van der Waals surface area contributed by atoms with Crippen LogP contribution in [0.2, 0.25) is 0 Å². The summed E-state index contributed by atoms with van der Waals surface area (Å²) in [7, 11) is 0. The molecule has 3 nitrogen and oxygen atoms in total. The summed E-state index contributed by atoms with van der Waals surface area (Å²) >= 11 is 0. The van der Waals surface area contributed by atoms with Crippen LogP contribution in [0.25, 0.3) is 0 Å². The maximum absolute atomic E-state index is 12.5. The van der Waals surface area contributed by atoms with Crippen molar-refractivity contribution in [2.24, 2.45) is 22.7 Å². The molecule has 2 atom stereocenters. The lowest BCUT2D eigenvalue weighted by molar-refractivity contribution is -0.166. The molecule has 0 radical (unpaired) electrons. The molecule has 0 rings (SSSR count). The Morgan fingerprint density at radius 1 is 1.10 bits per heavy atom. The molecular formula is C17H31NO2. The van der Waals surface area contributed by atoms with Crippen molar-refractivity contribution in [2.45, 2.75) is 74.3 Å². The molecule has 0 amide bonds. The molecule has 116 valence electrons. The number of rotatable bonds is 4. The van der Waals surface area contributed by atoms with Gasteiger partial charge in [0.15, 0.2) is 0 Å². The maximum Gasteiger partial charge on any atom is 0.311 e. The topological polar surface area (TPSA) is 50.1 Å². The van der Waals surface area contributed by atoms with Crippen LogP contribution in [-0.2, 0) is 9.53 Å². The van der Waals surface area contributed by atoms with E-state index in [1.165, 1.54) is 0 Å². The van der Waals surface area contributed by atoms with E-state index in [0.29, 0.717) is 0 Å². The van der Waals surface area contributed by atoms with Gasteiger partial charge in [0.25, 0.3) is 0 Å². The van der Waals surface area contributed by atoms with E-state index in [0.717, 1.165) is 6.42 Å². The monoisotopic (exact) mass is 281 g/mol. The lowest BCUT2D eigenvalue weighted by Gasteiger charge is -2.36. The summed E-state index contributed by atoms with van der Waals surface area (Å²) in [5.41, 5.74) is -1.14. The lowest BCUT2D eigenvalue weighted by Crippen LogP contribution is -2.40. The normalized spacial score (nSPS) is 16.2. The minimum absolute atomic E-state index is 0.0968. The van der Waals surface area contributed by atoms with Gasteiger partial charge in [-0.05, 0) is 52.4 Å². The third-order valence-electron chi connectivity index (χ3n) is 3.23. The summed E-state index contributed by atoms with van der Waals surface area (Å²) in [4.78, 5) is 12.5. The fraction of sp³-hybridized carbons (Fsp3) is 0.882. The number of nitrogens with zero attached hydrogens (tertiary/aromatic N) is 1. The quantitative estimate of drug-likeness (QED) is 0.709. The fourth-order valence-corrected chi connectivity index (χ4v) is 2.76. The predicted molar refractivity (Wildman–Crippen MR) is 82.0 cm³/mol. The second-order valence-electron chi connectivity index (χ2n) is 8.59. The van der Waals surface area contributed by atoms with E-state index in [2.05, 4.69) is 26.8 Å². The molecule has 0 aromatic heterocycles. The summed E-state index contributed by atoms with van der Waals surface area (Å²) in [5.74, 6) is -0.578. The number of carbonyl (C=O) groups is 1. The van der Waals surface area contributed by atoms with E-state index in [9.17, 15) is 10.1 Å². The lowest BCUT2D eigenvalue weighted by atomic mass is 9.69. The molecule has 0 aliphatic rings. The van der Waals surface area contributed by atoms with Gasteiger partial charge in [0, 0.05) is 0 Å². The molecule has 0 bridgehead atoms. The molecular weight excluding hydrogens is 250 g/mol. The maximum atomic E-state index is 12.5. The molecule has 0 N–H and O–H groups in total. The molecule has 3 heteroatoms. The zero-order valence-corrected chi connectivity index (χ0v) is 14.6. The third-order valence-corrected chi connectivity index (χ3v) is 3.23. The second-order valence-corrected chi connectivity index (χ2v) is 8.59. The highest BCUT2D eigenvalue weighted by molar-refractivity contribution is 5.74. The van der Waals surface area contributed by atoms with Crippen molar-refractivity contribution in [1.82, 2.24) is 0 Å². The first-order chi connectivity index (χ1) is 8.69. The average molecular weight is 281 g/mol. The van der Waals surface area contributed by atoms with Crippen LogP contribution in [0, 0.1) is 34.0 Å². The van der Waals surface area contributed by atoms with E-state index in [1.807, 2.05) is 41.5 Å². The Kier molecular flexibility index (Phi) is 5.84. The molecule has 2 unspecified atom stereocenters. The summed E-state index contributed by atoms with van der Waals surface area (Å²) in [5, 5.41) is 9.40. The SMILES string of the molecule is CC(CC(C)(C)C)C(C(=O)OC(C)(C)C)C(C)(C)C#N. The molecule has 0 aromatic carbocycles. The summed E-state index contributed by atoms with van der Waals surface area (Å²) in [6, 6.07) is 2.27. The van der Waals surface area contributed by atoms with Gasteiger partial charge in [-0.2, -0.15) is 5.26 Å². The fourth-order valence-electron chi connectivity index (χ4n) is 2.76. The molecule has 20 heavy (non-hydrogen) atoms. The van der Waals surface area contributed by atoms with Crippen LogP contribution in [0.4, 0.5) is 0 Å². The van der Waals surface area contributed by atoms with Crippen molar-refractivity contribution in [1.29, 1.82) is 5.26 Å². The van der Waals surface area contributed by atoms with Crippen LogP contribution in [0.3, 0.4) is 0 Å². The van der Waals surface area contributed by atoms with Gasteiger partial charge in [-0.25, -0.2) is 0 Å². The molecule has 0 saturated carbocycles. The van der Waals surface area contributed by atoms with Gasteiger partial charge in [0.1, 0.15) is 5.60 Å². The van der Waals surface area contributed by atoms with E-state index in [-0.39, 0.29) is 17.3 Å². The van der Waals surface area contributed by atoms with Gasteiger partial charge in [0.2, 0.25) is 0 Å². The van der Waals surface area contributed by atoms with Gasteiger partial charge in [-0.3, -0.25) is 4.79 Å². The number of esters is 1. The van der Waals surface area contributed by atoms with Crippen LogP contribution in [0.15, 0.2) is 0 Å². The van der Waals surface area contributed by atoms with Crippen LogP contribution in [-0.4, -0.2) is 11.6 Å². The van der Waals surface area contributed by atoms with Gasteiger partial charge >= 0.3 is 5.97 Å². The van der Waals surface area contributed by atoms with Crippen LogP contribution >= 0.6 is 0 Å². The van der Waals surface area contributed by atoms with Crippen LogP contribution in [0.1, 0.15) is 68.7 Å². The Morgan fingerprint density at radius 3 is 1.85 bits per heavy atom.